The molecule has 0 atom stereocenters. The van der Waals surface area contributed by atoms with Crippen molar-refractivity contribution >= 4 is 15.7 Å². The standard InChI is InChI=1S/C20H26FN3O4S/c1-20(2)9-7-13(8-10-20)28-14-5-6-16(21)15(11-14)17-12-18(24-29(4,25)26)19(27-3)23-22-17/h5-6,11-13H,7-10H2,1-4H3,(H,22,24). The molecule has 0 unspecified atom stereocenters. The van der Waals surface area contributed by atoms with Crippen molar-refractivity contribution in [2.24, 2.45) is 5.41 Å². The molecule has 0 saturated heterocycles. The molecule has 3 rings (SSSR count). The van der Waals surface area contributed by atoms with Crippen LogP contribution < -0.4 is 14.2 Å². The second kappa shape index (κ2) is 8.14. The Hall–Kier alpha value is -2.42. The van der Waals surface area contributed by atoms with Crippen LogP contribution in [0.3, 0.4) is 0 Å². The number of halogens is 1. The summed E-state index contributed by atoms with van der Waals surface area (Å²) in [6.07, 6.45) is 5.15. The lowest BCUT2D eigenvalue weighted by atomic mass is 9.76. The summed E-state index contributed by atoms with van der Waals surface area (Å²) in [7, 11) is -2.23. The number of aromatic nitrogens is 2. The molecule has 0 aliphatic heterocycles. The molecule has 1 heterocycles. The van der Waals surface area contributed by atoms with E-state index in [4.69, 9.17) is 9.47 Å². The highest BCUT2D eigenvalue weighted by Gasteiger charge is 2.28. The van der Waals surface area contributed by atoms with Gasteiger partial charge in [-0.1, -0.05) is 13.8 Å². The highest BCUT2D eigenvalue weighted by molar-refractivity contribution is 7.92. The Kier molecular flexibility index (Phi) is 5.97. The molecule has 7 nitrogen and oxygen atoms in total. The molecule has 2 aromatic rings. The molecule has 0 amide bonds. The average molecular weight is 424 g/mol. The van der Waals surface area contributed by atoms with E-state index in [-0.39, 0.29) is 28.9 Å². The fourth-order valence-corrected chi connectivity index (χ4v) is 3.94. The van der Waals surface area contributed by atoms with Crippen molar-refractivity contribution in [2.45, 2.75) is 45.6 Å². The van der Waals surface area contributed by atoms with E-state index in [9.17, 15) is 12.8 Å². The summed E-state index contributed by atoms with van der Waals surface area (Å²) in [5.41, 5.74) is 0.755. The molecule has 9 heteroatoms. The van der Waals surface area contributed by atoms with Crippen molar-refractivity contribution in [1.82, 2.24) is 10.2 Å². The Morgan fingerprint density at radius 1 is 1.17 bits per heavy atom. The smallest absolute Gasteiger partial charge is 0.257 e. The van der Waals surface area contributed by atoms with Gasteiger partial charge in [0, 0.05) is 5.56 Å². The normalized spacial score (nSPS) is 17.0. The van der Waals surface area contributed by atoms with E-state index in [0.29, 0.717) is 11.2 Å². The monoisotopic (exact) mass is 423 g/mol. The molecular weight excluding hydrogens is 397 g/mol. The quantitative estimate of drug-likeness (QED) is 0.755. The highest BCUT2D eigenvalue weighted by atomic mass is 32.2. The minimum Gasteiger partial charge on any atom is -0.490 e. The van der Waals surface area contributed by atoms with Crippen molar-refractivity contribution in [2.75, 3.05) is 18.1 Å². The zero-order valence-corrected chi connectivity index (χ0v) is 17.8. The predicted molar refractivity (Wildman–Crippen MR) is 109 cm³/mol. The third-order valence-electron chi connectivity index (χ3n) is 5.05. The first kappa shape index (κ1) is 21.3. The number of nitrogens with zero attached hydrogens (tertiary/aromatic N) is 2. The largest absolute Gasteiger partial charge is 0.490 e. The Balaban J connectivity index is 1.87. The summed E-state index contributed by atoms with van der Waals surface area (Å²) in [6, 6.07) is 5.85. The Morgan fingerprint density at radius 2 is 1.86 bits per heavy atom. The van der Waals surface area contributed by atoms with Gasteiger partial charge in [-0.2, -0.15) is 0 Å². The van der Waals surface area contributed by atoms with Crippen LogP contribution in [-0.2, 0) is 10.0 Å². The van der Waals surface area contributed by atoms with E-state index in [1.165, 1.54) is 19.2 Å². The lowest BCUT2D eigenvalue weighted by Gasteiger charge is -2.34. The minimum absolute atomic E-state index is 0.00296. The molecule has 0 bridgehead atoms. The fraction of sp³-hybridized carbons (Fsp3) is 0.500. The number of rotatable bonds is 6. The number of benzene rings is 1. The molecule has 1 fully saturated rings. The van der Waals surface area contributed by atoms with Gasteiger partial charge in [0.2, 0.25) is 10.0 Å². The van der Waals surface area contributed by atoms with Crippen LogP contribution in [0.5, 0.6) is 11.6 Å². The number of anilines is 1. The van der Waals surface area contributed by atoms with Crippen molar-refractivity contribution < 1.29 is 22.3 Å². The molecule has 1 saturated carbocycles. The van der Waals surface area contributed by atoms with Gasteiger partial charge < -0.3 is 9.47 Å². The van der Waals surface area contributed by atoms with Gasteiger partial charge in [-0.05, 0) is 55.4 Å². The lowest BCUT2D eigenvalue weighted by molar-refractivity contribution is 0.0987. The summed E-state index contributed by atoms with van der Waals surface area (Å²) in [4.78, 5) is 0. The van der Waals surface area contributed by atoms with Gasteiger partial charge in [0.05, 0.1) is 25.2 Å². The maximum Gasteiger partial charge on any atom is 0.257 e. The van der Waals surface area contributed by atoms with Crippen LogP contribution in [0.2, 0.25) is 0 Å². The van der Waals surface area contributed by atoms with Gasteiger partial charge in [0.1, 0.15) is 17.3 Å². The third kappa shape index (κ3) is 5.56. The number of nitrogens with one attached hydrogen (secondary N) is 1. The maximum absolute atomic E-state index is 14.5. The van der Waals surface area contributed by atoms with Gasteiger partial charge in [-0.15, -0.1) is 10.2 Å². The predicted octanol–water partition coefficient (Wildman–Crippen LogP) is 4.01. The van der Waals surface area contributed by atoms with Crippen LogP contribution >= 0.6 is 0 Å². The van der Waals surface area contributed by atoms with E-state index < -0.39 is 15.8 Å². The van der Waals surface area contributed by atoms with E-state index >= 15 is 0 Å². The second-order valence-electron chi connectivity index (χ2n) is 8.15. The number of ether oxygens (including phenoxy) is 2. The topological polar surface area (TPSA) is 90.4 Å². The molecule has 1 aliphatic carbocycles. The van der Waals surface area contributed by atoms with E-state index in [1.54, 1.807) is 12.1 Å². The molecule has 0 spiro atoms. The summed E-state index contributed by atoms with van der Waals surface area (Å²) >= 11 is 0. The van der Waals surface area contributed by atoms with Crippen LogP contribution in [0.25, 0.3) is 11.3 Å². The fourth-order valence-electron chi connectivity index (χ4n) is 3.39. The summed E-state index contributed by atoms with van der Waals surface area (Å²) in [5.74, 6) is 0.0325. The summed E-state index contributed by atoms with van der Waals surface area (Å²) in [6.45, 7) is 4.51. The van der Waals surface area contributed by atoms with Gasteiger partial charge in [-0.25, -0.2) is 12.8 Å². The summed E-state index contributed by atoms with van der Waals surface area (Å²) < 4.78 is 51.1. The van der Waals surface area contributed by atoms with E-state index in [1.807, 2.05) is 0 Å². The first-order chi connectivity index (χ1) is 13.6. The Bertz CT molecular complexity index is 985. The van der Waals surface area contributed by atoms with E-state index in [2.05, 4.69) is 28.8 Å². The third-order valence-corrected chi connectivity index (χ3v) is 5.64. The van der Waals surface area contributed by atoms with Crippen LogP contribution in [0.15, 0.2) is 24.3 Å². The molecule has 1 aliphatic rings. The molecule has 1 aromatic carbocycles. The second-order valence-corrected chi connectivity index (χ2v) is 9.90. The van der Waals surface area contributed by atoms with Crippen molar-refractivity contribution in [3.63, 3.8) is 0 Å². The SMILES string of the molecule is COc1nnc(-c2cc(OC3CCC(C)(C)CC3)ccc2F)cc1NS(C)(=O)=O. The van der Waals surface area contributed by atoms with Crippen molar-refractivity contribution in [3.05, 3.63) is 30.1 Å². The molecule has 158 valence electrons. The number of methoxy groups -OCH3 is 1. The molecule has 1 N–H and O–H groups in total. The molecule has 29 heavy (non-hydrogen) atoms. The Labute approximate surface area is 170 Å². The number of hydrogen-bond acceptors (Lipinski definition) is 6. The van der Waals surface area contributed by atoms with Crippen LogP contribution in [-0.4, -0.2) is 38.1 Å². The van der Waals surface area contributed by atoms with Gasteiger partial charge in [0.15, 0.2) is 0 Å². The Morgan fingerprint density at radius 3 is 2.48 bits per heavy atom. The van der Waals surface area contributed by atoms with Crippen LogP contribution in [0.1, 0.15) is 39.5 Å². The first-order valence-electron chi connectivity index (χ1n) is 9.42. The van der Waals surface area contributed by atoms with Gasteiger partial charge in [-0.3, -0.25) is 4.72 Å². The zero-order chi connectivity index (χ0) is 21.2. The van der Waals surface area contributed by atoms with Crippen molar-refractivity contribution in [3.8, 4) is 22.9 Å². The first-order valence-corrected chi connectivity index (χ1v) is 11.3. The number of sulfonamides is 1. The molecule has 0 radical (unpaired) electrons. The van der Waals surface area contributed by atoms with E-state index in [0.717, 1.165) is 31.9 Å². The van der Waals surface area contributed by atoms with Crippen LogP contribution in [0.4, 0.5) is 10.1 Å². The molecular formula is C20H26FN3O4S. The summed E-state index contributed by atoms with van der Waals surface area (Å²) in [5, 5.41) is 7.83. The van der Waals surface area contributed by atoms with Gasteiger partial charge in [0.25, 0.3) is 5.88 Å². The lowest BCUT2D eigenvalue weighted by Crippen LogP contribution is -2.28. The average Bonchev–Trinajstić information content (AvgIpc) is 2.63. The van der Waals surface area contributed by atoms with Crippen LogP contribution in [0, 0.1) is 11.2 Å². The van der Waals surface area contributed by atoms with Crippen molar-refractivity contribution in [1.29, 1.82) is 0 Å². The number of hydrogen-bond donors (Lipinski definition) is 1. The van der Waals surface area contributed by atoms with Gasteiger partial charge >= 0.3 is 0 Å². The highest BCUT2D eigenvalue weighted by Crippen LogP contribution is 2.37. The minimum atomic E-state index is -3.57. The zero-order valence-electron chi connectivity index (χ0n) is 17.0. The molecule has 1 aromatic heterocycles. The maximum atomic E-state index is 14.5.